The Kier molecular flexibility index (Phi) is 6.64. The van der Waals surface area contributed by atoms with Gasteiger partial charge in [-0.05, 0) is 36.7 Å². The molecule has 0 aliphatic carbocycles. The average Bonchev–Trinajstić information content (AvgIpc) is 3.15. The van der Waals surface area contributed by atoms with E-state index in [1.807, 2.05) is 55.7 Å². The van der Waals surface area contributed by atoms with Crippen molar-refractivity contribution in [3.8, 4) is 0 Å². The normalized spacial score (nSPS) is 10.5. The van der Waals surface area contributed by atoms with Crippen molar-refractivity contribution in [2.24, 2.45) is 5.73 Å². The molecular formula is C21H26N6O. The fourth-order valence-electron chi connectivity index (χ4n) is 2.86. The van der Waals surface area contributed by atoms with Crippen LogP contribution in [0.15, 0.2) is 60.9 Å². The highest BCUT2D eigenvalue weighted by Gasteiger charge is 2.11. The van der Waals surface area contributed by atoms with Crippen LogP contribution < -0.4 is 21.7 Å². The summed E-state index contributed by atoms with van der Waals surface area (Å²) in [5.41, 5.74) is 9.75. The van der Waals surface area contributed by atoms with Gasteiger partial charge in [-0.3, -0.25) is 9.48 Å². The van der Waals surface area contributed by atoms with Gasteiger partial charge in [-0.1, -0.05) is 30.3 Å². The number of nitrogens with two attached hydrogens (primary N) is 1. The molecule has 2 aromatic carbocycles. The molecule has 0 radical (unpaired) electrons. The lowest BCUT2D eigenvalue weighted by molar-refractivity contribution is 0.102. The number of carbonyl (C=O) groups excluding carboxylic acids is 1. The van der Waals surface area contributed by atoms with Gasteiger partial charge in [0.2, 0.25) is 0 Å². The van der Waals surface area contributed by atoms with Gasteiger partial charge in [-0.15, -0.1) is 0 Å². The summed E-state index contributed by atoms with van der Waals surface area (Å²) in [5, 5.41) is 13.7. The first-order chi connectivity index (χ1) is 13.7. The SMILES string of the molecule is CNc1ccc(C(=O)Nc2cnn(Cc3ccccc3)c2)cc1NCCCN. The summed E-state index contributed by atoms with van der Waals surface area (Å²) in [7, 11) is 1.85. The van der Waals surface area contributed by atoms with Gasteiger partial charge >= 0.3 is 0 Å². The van der Waals surface area contributed by atoms with E-state index in [0.717, 1.165) is 29.9 Å². The van der Waals surface area contributed by atoms with Crippen LogP contribution in [0, 0.1) is 0 Å². The zero-order chi connectivity index (χ0) is 19.8. The maximum absolute atomic E-state index is 12.6. The molecule has 0 aliphatic rings. The molecule has 1 amide bonds. The highest BCUT2D eigenvalue weighted by molar-refractivity contribution is 6.05. The maximum atomic E-state index is 12.6. The maximum Gasteiger partial charge on any atom is 0.255 e. The summed E-state index contributed by atoms with van der Waals surface area (Å²) in [6, 6.07) is 15.6. The zero-order valence-corrected chi connectivity index (χ0v) is 16.0. The van der Waals surface area contributed by atoms with Crippen molar-refractivity contribution >= 4 is 23.0 Å². The van der Waals surface area contributed by atoms with E-state index < -0.39 is 0 Å². The van der Waals surface area contributed by atoms with E-state index in [0.29, 0.717) is 24.3 Å². The predicted molar refractivity (Wildman–Crippen MR) is 114 cm³/mol. The Hall–Kier alpha value is -3.32. The van der Waals surface area contributed by atoms with E-state index in [2.05, 4.69) is 21.0 Å². The van der Waals surface area contributed by atoms with Crippen LogP contribution in [0.4, 0.5) is 17.1 Å². The van der Waals surface area contributed by atoms with Gasteiger partial charge in [0.25, 0.3) is 5.91 Å². The monoisotopic (exact) mass is 378 g/mol. The molecule has 1 heterocycles. The van der Waals surface area contributed by atoms with Gasteiger partial charge in [0.05, 0.1) is 29.8 Å². The van der Waals surface area contributed by atoms with Gasteiger partial charge in [-0.25, -0.2) is 0 Å². The van der Waals surface area contributed by atoms with Crippen molar-refractivity contribution in [3.05, 3.63) is 72.1 Å². The fraction of sp³-hybridized carbons (Fsp3) is 0.238. The van der Waals surface area contributed by atoms with E-state index >= 15 is 0 Å². The molecule has 0 atom stereocenters. The molecule has 7 heteroatoms. The highest BCUT2D eigenvalue weighted by Crippen LogP contribution is 2.23. The van der Waals surface area contributed by atoms with Crippen LogP contribution in [0.2, 0.25) is 0 Å². The third-order valence-corrected chi connectivity index (χ3v) is 4.33. The van der Waals surface area contributed by atoms with E-state index in [1.165, 1.54) is 0 Å². The van der Waals surface area contributed by atoms with Gasteiger partial charge in [0, 0.05) is 25.4 Å². The van der Waals surface area contributed by atoms with Crippen molar-refractivity contribution in [1.29, 1.82) is 0 Å². The Bertz CT molecular complexity index is 906. The molecule has 7 nitrogen and oxygen atoms in total. The minimum absolute atomic E-state index is 0.177. The molecule has 28 heavy (non-hydrogen) atoms. The summed E-state index contributed by atoms with van der Waals surface area (Å²) in [4.78, 5) is 12.6. The quantitative estimate of drug-likeness (QED) is 0.429. The van der Waals surface area contributed by atoms with E-state index in [-0.39, 0.29) is 5.91 Å². The first kappa shape index (κ1) is 19.4. The molecule has 0 fully saturated rings. The van der Waals surface area contributed by atoms with Gasteiger partial charge in [0.15, 0.2) is 0 Å². The third-order valence-electron chi connectivity index (χ3n) is 4.33. The predicted octanol–water partition coefficient (Wildman–Crippen LogP) is 2.99. The Morgan fingerprint density at radius 1 is 1.14 bits per heavy atom. The highest BCUT2D eigenvalue weighted by atomic mass is 16.1. The summed E-state index contributed by atoms with van der Waals surface area (Å²) < 4.78 is 1.80. The lowest BCUT2D eigenvalue weighted by Crippen LogP contribution is -2.14. The summed E-state index contributed by atoms with van der Waals surface area (Å²) in [5.74, 6) is -0.177. The first-order valence-corrected chi connectivity index (χ1v) is 9.33. The number of amides is 1. The topological polar surface area (TPSA) is 97.0 Å². The summed E-state index contributed by atoms with van der Waals surface area (Å²) in [6.45, 7) is 2.03. The number of aromatic nitrogens is 2. The molecule has 0 saturated carbocycles. The Balaban J connectivity index is 1.66. The third kappa shape index (κ3) is 5.11. The van der Waals surface area contributed by atoms with Gasteiger partial charge < -0.3 is 21.7 Å². The number of hydrogen-bond donors (Lipinski definition) is 4. The number of hydrogen-bond acceptors (Lipinski definition) is 5. The van der Waals surface area contributed by atoms with Crippen molar-refractivity contribution in [2.75, 3.05) is 36.1 Å². The minimum Gasteiger partial charge on any atom is -0.386 e. The second kappa shape index (κ2) is 9.57. The zero-order valence-electron chi connectivity index (χ0n) is 16.0. The molecule has 146 valence electrons. The lowest BCUT2D eigenvalue weighted by atomic mass is 10.1. The van der Waals surface area contributed by atoms with E-state index in [4.69, 9.17) is 5.73 Å². The number of rotatable bonds is 9. The average molecular weight is 378 g/mol. The van der Waals surface area contributed by atoms with Crippen LogP contribution >= 0.6 is 0 Å². The lowest BCUT2D eigenvalue weighted by Gasteiger charge is -2.13. The van der Waals surface area contributed by atoms with Crippen LogP contribution in [0.25, 0.3) is 0 Å². The molecule has 0 unspecified atom stereocenters. The van der Waals surface area contributed by atoms with Gasteiger partial charge in [0.1, 0.15) is 0 Å². The second-order valence-corrected chi connectivity index (χ2v) is 6.45. The van der Waals surface area contributed by atoms with Crippen molar-refractivity contribution in [2.45, 2.75) is 13.0 Å². The number of nitrogens with one attached hydrogen (secondary N) is 3. The summed E-state index contributed by atoms with van der Waals surface area (Å²) in [6.07, 6.45) is 4.34. The van der Waals surface area contributed by atoms with Crippen LogP contribution in [-0.4, -0.2) is 35.8 Å². The van der Waals surface area contributed by atoms with Crippen LogP contribution in [0.1, 0.15) is 22.3 Å². The Morgan fingerprint density at radius 2 is 1.96 bits per heavy atom. The Labute approximate surface area is 164 Å². The molecular weight excluding hydrogens is 352 g/mol. The number of anilines is 3. The molecule has 0 bridgehead atoms. The molecule has 1 aromatic heterocycles. The molecule has 3 aromatic rings. The standard InChI is InChI=1S/C21H26N6O/c1-23-19-9-8-17(12-20(19)24-11-5-10-22)21(28)26-18-13-25-27(15-18)14-16-6-3-2-4-7-16/h2-4,6-9,12-13,15,23-24H,5,10-11,14,22H2,1H3,(H,26,28). The number of carbonyl (C=O) groups is 1. The minimum atomic E-state index is -0.177. The molecule has 0 aliphatic heterocycles. The largest absolute Gasteiger partial charge is 0.386 e. The van der Waals surface area contributed by atoms with Crippen molar-refractivity contribution in [3.63, 3.8) is 0 Å². The number of benzene rings is 2. The van der Waals surface area contributed by atoms with E-state index in [1.54, 1.807) is 16.9 Å². The van der Waals surface area contributed by atoms with Crippen molar-refractivity contribution < 1.29 is 4.79 Å². The van der Waals surface area contributed by atoms with Crippen LogP contribution in [0.3, 0.4) is 0 Å². The number of nitrogens with zero attached hydrogens (tertiary/aromatic N) is 2. The van der Waals surface area contributed by atoms with E-state index in [9.17, 15) is 4.79 Å². The molecule has 0 spiro atoms. The fourth-order valence-corrected chi connectivity index (χ4v) is 2.86. The first-order valence-electron chi connectivity index (χ1n) is 9.33. The Morgan fingerprint density at radius 3 is 2.71 bits per heavy atom. The van der Waals surface area contributed by atoms with Crippen LogP contribution in [-0.2, 0) is 6.54 Å². The second-order valence-electron chi connectivity index (χ2n) is 6.45. The van der Waals surface area contributed by atoms with Gasteiger partial charge in [-0.2, -0.15) is 5.10 Å². The molecule has 5 N–H and O–H groups in total. The molecule has 0 saturated heterocycles. The molecule has 3 rings (SSSR count). The van der Waals surface area contributed by atoms with Crippen molar-refractivity contribution in [1.82, 2.24) is 9.78 Å². The smallest absolute Gasteiger partial charge is 0.255 e. The summed E-state index contributed by atoms with van der Waals surface area (Å²) >= 11 is 0. The van der Waals surface area contributed by atoms with Crippen LogP contribution in [0.5, 0.6) is 0 Å².